The topological polar surface area (TPSA) is 89.3 Å². The fourth-order valence-corrected chi connectivity index (χ4v) is 6.48. The maximum Gasteiger partial charge on any atom is 0.262 e. The molecule has 0 unspecified atom stereocenters. The standard InChI is InChI=1S/C22H31N3O4S2/c1-3-5-12-24(17-11-14-31(28,29)16-17)20(26)15-30-22-23-19-10-8-7-9-18(19)21(27)25(22)13-6-4-2/h7-10,17H,3-6,11-16H2,1-2H3/t17-/m0/s1. The molecule has 7 nitrogen and oxygen atoms in total. The number of hydrogen-bond acceptors (Lipinski definition) is 6. The molecule has 31 heavy (non-hydrogen) atoms. The molecule has 0 aliphatic carbocycles. The van der Waals surface area contributed by atoms with Crippen LogP contribution in [0.1, 0.15) is 46.0 Å². The van der Waals surface area contributed by atoms with Gasteiger partial charge in [-0.1, -0.05) is 50.6 Å². The van der Waals surface area contributed by atoms with E-state index in [4.69, 9.17) is 0 Å². The number of thioether (sulfide) groups is 1. The number of para-hydroxylation sites is 1. The number of nitrogens with zero attached hydrogens (tertiary/aromatic N) is 3. The number of aromatic nitrogens is 2. The molecule has 0 saturated carbocycles. The molecule has 170 valence electrons. The van der Waals surface area contributed by atoms with Gasteiger partial charge in [0.25, 0.3) is 5.56 Å². The van der Waals surface area contributed by atoms with E-state index in [0.29, 0.717) is 35.6 Å². The Bertz CT molecular complexity index is 1080. The number of rotatable bonds is 10. The van der Waals surface area contributed by atoms with E-state index in [1.54, 1.807) is 15.5 Å². The van der Waals surface area contributed by atoms with Gasteiger partial charge in [-0.3, -0.25) is 14.2 Å². The number of sulfone groups is 1. The van der Waals surface area contributed by atoms with E-state index in [1.807, 2.05) is 25.1 Å². The first-order valence-electron chi connectivity index (χ1n) is 11.0. The zero-order valence-corrected chi connectivity index (χ0v) is 19.9. The summed E-state index contributed by atoms with van der Waals surface area (Å²) in [6, 6.07) is 7.01. The van der Waals surface area contributed by atoms with Crippen molar-refractivity contribution in [3.63, 3.8) is 0 Å². The van der Waals surface area contributed by atoms with Crippen LogP contribution in [-0.4, -0.2) is 58.6 Å². The summed E-state index contributed by atoms with van der Waals surface area (Å²) in [6.07, 6.45) is 4.06. The van der Waals surface area contributed by atoms with Gasteiger partial charge in [-0.2, -0.15) is 0 Å². The second-order valence-electron chi connectivity index (χ2n) is 8.01. The van der Waals surface area contributed by atoms with Crippen LogP contribution in [0.3, 0.4) is 0 Å². The van der Waals surface area contributed by atoms with Gasteiger partial charge in [-0.15, -0.1) is 0 Å². The summed E-state index contributed by atoms with van der Waals surface area (Å²) in [5.74, 6) is 0.230. The lowest BCUT2D eigenvalue weighted by atomic mass is 10.2. The van der Waals surface area contributed by atoms with Gasteiger partial charge < -0.3 is 4.90 Å². The lowest BCUT2D eigenvalue weighted by molar-refractivity contribution is -0.130. The smallest absolute Gasteiger partial charge is 0.262 e. The van der Waals surface area contributed by atoms with Gasteiger partial charge in [-0.25, -0.2) is 13.4 Å². The zero-order valence-electron chi connectivity index (χ0n) is 18.2. The van der Waals surface area contributed by atoms with Gasteiger partial charge >= 0.3 is 0 Å². The predicted molar refractivity (Wildman–Crippen MR) is 125 cm³/mol. The van der Waals surface area contributed by atoms with E-state index in [9.17, 15) is 18.0 Å². The summed E-state index contributed by atoms with van der Waals surface area (Å²) >= 11 is 1.27. The number of fused-ring (bicyclic) bond motifs is 1. The monoisotopic (exact) mass is 465 g/mol. The van der Waals surface area contributed by atoms with Crippen LogP contribution in [0.4, 0.5) is 0 Å². The van der Waals surface area contributed by atoms with Gasteiger partial charge in [0.15, 0.2) is 15.0 Å². The average Bonchev–Trinajstić information content (AvgIpc) is 3.11. The summed E-state index contributed by atoms with van der Waals surface area (Å²) in [4.78, 5) is 32.5. The van der Waals surface area contributed by atoms with Crippen LogP contribution in [0.15, 0.2) is 34.2 Å². The third-order valence-corrected chi connectivity index (χ3v) is 8.32. The van der Waals surface area contributed by atoms with Crippen LogP contribution in [0, 0.1) is 0 Å². The van der Waals surface area contributed by atoms with Gasteiger partial charge in [0.2, 0.25) is 5.91 Å². The number of carbonyl (C=O) groups excluding carboxylic acids is 1. The summed E-state index contributed by atoms with van der Waals surface area (Å²) < 4.78 is 25.5. The Morgan fingerprint density at radius 2 is 1.97 bits per heavy atom. The number of carbonyl (C=O) groups is 1. The molecule has 0 bridgehead atoms. The molecule has 0 spiro atoms. The van der Waals surface area contributed by atoms with Crippen molar-refractivity contribution < 1.29 is 13.2 Å². The molecule has 1 atom stereocenters. The highest BCUT2D eigenvalue weighted by atomic mass is 32.2. The van der Waals surface area contributed by atoms with Gasteiger partial charge in [-0.05, 0) is 31.4 Å². The average molecular weight is 466 g/mol. The Labute approximate surface area is 188 Å². The Kier molecular flexibility index (Phi) is 8.16. The fraction of sp³-hybridized carbons (Fsp3) is 0.591. The zero-order chi connectivity index (χ0) is 22.4. The maximum absolute atomic E-state index is 13.1. The molecular formula is C22H31N3O4S2. The Hall–Kier alpha value is -1.87. The largest absolute Gasteiger partial charge is 0.338 e. The third kappa shape index (κ3) is 5.88. The van der Waals surface area contributed by atoms with Crippen LogP contribution in [0.5, 0.6) is 0 Å². The Morgan fingerprint density at radius 1 is 1.23 bits per heavy atom. The molecule has 1 aliphatic rings. The summed E-state index contributed by atoms with van der Waals surface area (Å²) in [6.45, 7) is 5.24. The van der Waals surface area contributed by atoms with Gasteiger partial charge in [0.1, 0.15) is 0 Å². The minimum absolute atomic E-state index is 0.0442. The molecule has 0 radical (unpaired) electrons. The Balaban J connectivity index is 1.82. The molecule has 1 saturated heterocycles. The highest BCUT2D eigenvalue weighted by molar-refractivity contribution is 7.99. The number of unbranched alkanes of at least 4 members (excludes halogenated alkanes) is 2. The van der Waals surface area contributed by atoms with Crippen molar-refractivity contribution in [1.29, 1.82) is 0 Å². The van der Waals surface area contributed by atoms with Crippen molar-refractivity contribution in [2.75, 3.05) is 23.8 Å². The predicted octanol–water partition coefficient (Wildman–Crippen LogP) is 3.10. The van der Waals surface area contributed by atoms with Gasteiger partial charge in [0.05, 0.1) is 28.2 Å². The van der Waals surface area contributed by atoms with Crippen molar-refractivity contribution in [3.05, 3.63) is 34.6 Å². The van der Waals surface area contributed by atoms with E-state index in [2.05, 4.69) is 11.9 Å². The molecule has 9 heteroatoms. The molecule has 1 fully saturated rings. The lowest BCUT2D eigenvalue weighted by Gasteiger charge is -2.28. The maximum atomic E-state index is 13.1. The van der Waals surface area contributed by atoms with E-state index in [-0.39, 0.29) is 34.8 Å². The summed E-state index contributed by atoms with van der Waals surface area (Å²) in [5.41, 5.74) is 0.540. The molecule has 1 aromatic heterocycles. The van der Waals surface area contributed by atoms with Gasteiger partial charge in [0, 0.05) is 19.1 Å². The second kappa shape index (κ2) is 10.6. The van der Waals surface area contributed by atoms with Crippen molar-refractivity contribution >= 4 is 38.4 Å². The molecule has 3 rings (SSSR count). The fourth-order valence-electron chi connectivity index (χ4n) is 3.84. The van der Waals surface area contributed by atoms with Crippen molar-refractivity contribution in [3.8, 4) is 0 Å². The number of benzene rings is 1. The SMILES string of the molecule is CCCCN(C(=O)CSc1nc2ccccc2c(=O)n1CCCC)[C@H]1CCS(=O)(=O)C1. The molecule has 0 N–H and O–H groups in total. The summed E-state index contributed by atoms with van der Waals surface area (Å²) in [7, 11) is -3.07. The Morgan fingerprint density at radius 3 is 2.65 bits per heavy atom. The van der Waals surface area contributed by atoms with Crippen molar-refractivity contribution in [2.24, 2.45) is 0 Å². The molecule has 1 aromatic carbocycles. The van der Waals surface area contributed by atoms with Crippen LogP contribution in [0.25, 0.3) is 10.9 Å². The molecule has 1 aliphatic heterocycles. The second-order valence-corrected chi connectivity index (χ2v) is 11.2. The highest BCUT2D eigenvalue weighted by Gasteiger charge is 2.34. The highest BCUT2D eigenvalue weighted by Crippen LogP contribution is 2.23. The van der Waals surface area contributed by atoms with Crippen molar-refractivity contribution in [1.82, 2.24) is 14.5 Å². The summed E-state index contributed by atoms with van der Waals surface area (Å²) in [5, 5.41) is 1.12. The van der Waals surface area contributed by atoms with Crippen LogP contribution in [0.2, 0.25) is 0 Å². The molecule has 2 aromatic rings. The number of hydrogen-bond donors (Lipinski definition) is 0. The first kappa shape index (κ1) is 23.8. The molecule has 1 amide bonds. The lowest BCUT2D eigenvalue weighted by Crippen LogP contribution is -2.42. The van der Waals surface area contributed by atoms with Crippen LogP contribution < -0.4 is 5.56 Å². The quantitative estimate of drug-likeness (QED) is 0.396. The minimum Gasteiger partial charge on any atom is -0.338 e. The normalized spacial score (nSPS) is 17.8. The number of amides is 1. The van der Waals surface area contributed by atoms with E-state index in [0.717, 1.165) is 25.7 Å². The molecule has 2 heterocycles. The minimum atomic E-state index is -3.07. The first-order chi connectivity index (χ1) is 14.9. The van der Waals surface area contributed by atoms with E-state index in [1.165, 1.54) is 11.8 Å². The van der Waals surface area contributed by atoms with E-state index >= 15 is 0 Å². The van der Waals surface area contributed by atoms with Crippen molar-refractivity contribution in [2.45, 2.75) is 63.7 Å². The van der Waals surface area contributed by atoms with Crippen LogP contribution in [-0.2, 0) is 21.2 Å². The third-order valence-electron chi connectivity index (χ3n) is 5.61. The van der Waals surface area contributed by atoms with Crippen LogP contribution >= 0.6 is 11.8 Å². The van der Waals surface area contributed by atoms with E-state index < -0.39 is 9.84 Å². The molecular weight excluding hydrogens is 434 g/mol. The first-order valence-corrected chi connectivity index (χ1v) is 13.8.